The summed E-state index contributed by atoms with van der Waals surface area (Å²) in [5.74, 6) is -0.342. The van der Waals surface area contributed by atoms with Crippen LogP contribution in [0.1, 0.15) is 76.1 Å². The molecule has 2 aromatic rings. The maximum atomic E-state index is 10.5. The van der Waals surface area contributed by atoms with Gasteiger partial charge in [-0.1, -0.05) is 33.8 Å². The molecule has 0 unspecified atom stereocenters. The topological polar surface area (TPSA) is 110 Å². The minimum atomic E-state index is -0.223. The van der Waals surface area contributed by atoms with Gasteiger partial charge in [-0.15, -0.1) is 0 Å². The maximum absolute atomic E-state index is 10.5. The summed E-state index contributed by atoms with van der Waals surface area (Å²) in [6.07, 6.45) is 3.14. The lowest BCUT2D eigenvalue weighted by atomic mass is 9.98. The van der Waals surface area contributed by atoms with Crippen molar-refractivity contribution in [3.8, 4) is 11.5 Å². The van der Waals surface area contributed by atoms with Gasteiger partial charge in [-0.2, -0.15) is 0 Å². The predicted molar refractivity (Wildman–Crippen MR) is 138 cm³/mol. The molecule has 0 radical (unpaired) electrons. The summed E-state index contributed by atoms with van der Waals surface area (Å²) in [4.78, 5) is 1.38. The normalized spacial score (nSPS) is 12.2. The number of phenolic OH excluding ortho intramolecular Hbond substituents is 2. The molecular formula is C27H39N3O4. The standard InChI is InChI=1S/C25H33N3O4.C2H6/c1-15(2)20-13-21(23(30)14-22(20)29)24(26)28(25(27)32-11-10-31-16(3)4)19-9-8-17-6-5-7-18(17)12-19;1-2/h8-9,12-16,26-27,29-30H,5-7,10-11H2,1-4H3;1-2H3. The molecule has 4 N–H and O–H groups in total. The van der Waals surface area contributed by atoms with Crippen molar-refractivity contribution in [3.63, 3.8) is 0 Å². The van der Waals surface area contributed by atoms with Crippen LogP contribution in [0.2, 0.25) is 0 Å². The molecule has 7 nitrogen and oxygen atoms in total. The van der Waals surface area contributed by atoms with E-state index in [0.29, 0.717) is 17.9 Å². The summed E-state index contributed by atoms with van der Waals surface area (Å²) in [6, 6.07) is 8.53. The number of anilines is 1. The number of phenols is 2. The molecule has 1 aliphatic rings. The van der Waals surface area contributed by atoms with Crippen molar-refractivity contribution >= 4 is 17.5 Å². The highest BCUT2D eigenvalue weighted by Crippen LogP contribution is 2.34. The van der Waals surface area contributed by atoms with Gasteiger partial charge < -0.3 is 19.7 Å². The summed E-state index contributed by atoms with van der Waals surface area (Å²) in [7, 11) is 0. The zero-order valence-electron chi connectivity index (χ0n) is 21.2. The van der Waals surface area contributed by atoms with E-state index in [2.05, 4.69) is 0 Å². The fourth-order valence-electron chi connectivity index (χ4n) is 3.90. The van der Waals surface area contributed by atoms with Crippen LogP contribution in [-0.4, -0.2) is 41.4 Å². The molecule has 0 saturated carbocycles. The van der Waals surface area contributed by atoms with E-state index >= 15 is 0 Å². The van der Waals surface area contributed by atoms with E-state index < -0.39 is 0 Å². The van der Waals surface area contributed by atoms with Crippen LogP contribution in [0.15, 0.2) is 30.3 Å². The Bertz CT molecular complexity index is 1000. The Morgan fingerprint density at radius 3 is 2.26 bits per heavy atom. The van der Waals surface area contributed by atoms with Gasteiger partial charge in [-0.25, -0.2) is 4.90 Å². The second-order valence-corrected chi connectivity index (χ2v) is 8.65. The van der Waals surface area contributed by atoms with E-state index in [1.54, 1.807) is 6.07 Å². The lowest BCUT2D eigenvalue weighted by Crippen LogP contribution is -2.39. The molecule has 0 bridgehead atoms. The highest BCUT2D eigenvalue weighted by Gasteiger charge is 2.26. The molecule has 0 atom stereocenters. The summed E-state index contributed by atoms with van der Waals surface area (Å²) in [6.45, 7) is 12.2. The van der Waals surface area contributed by atoms with E-state index in [1.807, 2.05) is 59.7 Å². The average Bonchev–Trinajstić information content (AvgIpc) is 3.26. The van der Waals surface area contributed by atoms with Crippen LogP contribution >= 0.6 is 0 Å². The van der Waals surface area contributed by atoms with E-state index in [9.17, 15) is 10.2 Å². The van der Waals surface area contributed by atoms with Crippen molar-refractivity contribution < 1.29 is 19.7 Å². The van der Waals surface area contributed by atoms with Gasteiger partial charge in [0.15, 0.2) is 0 Å². The van der Waals surface area contributed by atoms with E-state index in [0.717, 1.165) is 19.3 Å². The molecule has 0 heterocycles. The summed E-state index contributed by atoms with van der Waals surface area (Å²) in [5, 5.41) is 38.2. The molecule has 2 aromatic carbocycles. The predicted octanol–water partition coefficient (Wildman–Crippen LogP) is 5.94. The van der Waals surface area contributed by atoms with Crippen LogP contribution in [0, 0.1) is 10.8 Å². The molecule has 0 saturated heterocycles. The highest BCUT2D eigenvalue weighted by atomic mass is 16.5. The minimum absolute atomic E-state index is 0.000483. The number of rotatable bonds is 7. The van der Waals surface area contributed by atoms with Gasteiger partial charge in [0.2, 0.25) is 0 Å². The zero-order valence-corrected chi connectivity index (χ0v) is 21.2. The summed E-state index contributed by atoms with van der Waals surface area (Å²) < 4.78 is 11.1. The molecule has 186 valence electrons. The van der Waals surface area contributed by atoms with Gasteiger partial charge in [0.05, 0.1) is 24.0 Å². The Morgan fingerprint density at radius 1 is 0.941 bits per heavy atom. The van der Waals surface area contributed by atoms with Crippen molar-refractivity contribution in [2.24, 2.45) is 0 Å². The van der Waals surface area contributed by atoms with E-state index in [-0.39, 0.29) is 47.5 Å². The van der Waals surface area contributed by atoms with Gasteiger partial charge in [0.25, 0.3) is 6.02 Å². The molecule has 0 spiro atoms. The van der Waals surface area contributed by atoms with Crippen LogP contribution in [0.3, 0.4) is 0 Å². The van der Waals surface area contributed by atoms with Gasteiger partial charge in [-0.3, -0.25) is 10.8 Å². The molecule has 0 aliphatic heterocycles. The Balaban J connectivity index is 0.00000199. The first-order chi connectivity index (χ1) is 16.2. The second kappa shape index (κ2) is 12.4. The third kappa shape index (κ3) is 6.50. The van der Waals surface area contributed by atoms with Crippen LogP contribution in [-0.2, 0) is 22.3 Å². The molecular weight excluding hydrogens is 430 g/mol. The molecule has 1 aliphatic carbocycles. The summed E-state index contributed by atoms with van der Waals surface area (Å²) in [5.41, 5.74) is 3.96. The largest absolute Gasteiger partial charge is 0.508 e. The Hall–Kier alpha value is -3.06. The third-order valence-corrected chi connectivity index (χ3v) is 5.56. The Kier molecular flexibility index (Phi) is 9.93. The quantitative estimate of drug-likeness (QED) is 0.228. The Morgan fingerprint density at radius 2 is 1.62 bits per heavy atom. The summed E-state index contributed by atoms with van der Waals surface area (Å²) >= 11 is 0. The fraction of sp³-hybridized carbons (Fsp3) is 0.481. The van der Waals surface area contributed by atoms with Crippen molar-refractivity contribution in [1.29, 1.82) is 10.8 Å². The zero-order chi connectivity index (χ0) is 25.4. The number of aromatic hydroxyl groups is 2. The third-order valence-electron chi connectivity index (χ3n) is 5.56. The number of fused-ring (bicyclic) bond motifs is 1. The Labute approximate surface area is 203 Å². The average molecular weight is 470 g/mol. The molecule has 0 amide bonds. The van der Waals surface area contributed by atoms with Gasteiger partial charge in [0, 0.05) is 6.07 Å². The lowest BCUT2D eigenvalue weighted by molar-refractivity contribution is 0.0519. The smallest absolute Gasteiger partial charge is 0.295 e. The van der Waals surface area contributed by atoms with Gasteiger partial charge in [0.1, 0.15) is 23.9 Å². The highest BCUT2D eigenvalue weighted by molar-refractivity contribution is 6.22. The maximum Gasteiger partial charge on any atom is 0.295 e. The second-order valence-electron chi connectivity index (χ2n) is 8.65. The van der Waals surface area contributed by atoms with Crippen molar-refractivity contribution in [3.05, 3.63) is 52.6 Å². The first-order valence-electron chi connectivity index (χ1n) is 12.1. The van der Waals surface area contributed by atoms with Gasteiger partial charge >= 0.3 is 0 Å². The van der Waals surface area contributed by atoms with Crippen LogP contribution in [0.4, 0.5) is 5.69 Å². The van der Waals surface area contributed by atoms with Crippen molar-refractivity contribution in [2.75, 3.05) is 18.1 Å². The first-order valence-corrected chi connectivity index (χ1v) is 12.1. The van der Waals surface area contributed by atoms with Crippen LogP contribution in [0.5, 0.6) is 11.5 Å². The molecule has 7 heteroatoms. The van der Waals surface area contributed by atoms with Crippen molar-refractivity contribution in [2.45, 2.75) is 72.8 Å². The number of amidine groups is 2. The monoisotopic (exact) mass is 469 g/mol. The fourth-order valence-corrected chi connectivity index (χ4v) is 3.90. The van der Waals surface area contributed by atoms with Crippen LogP contribution < -0.4 is 4.90 Å². The number of nitrogens with zero attached hydrogens (tertiary/aromatic N) is 1. The molecule has 0 aromatic heterocycles. The number of hydrogen-bond acceptors (Lipinski definition) is 6. The van der Waals surface area contributed by atoms with Crippen LogP contribution in [0.25, 0.3) is 0 Å². The number of hydrogen-bond donors (Lipinski definition) is 4. The van der Waals surface area contributed by atoms with Crippen molar-refractivity contribution in [1.82, 2.24) is 0 Å². The molecule has 34 heavy (non-hydrogen) atoms. The lowest BCUT2D eigenvalue weighted by Gasteiger charge is -2.27. The molecule has 3 rings (SSSR count). The van der Waals surface area contributed by atoms with E-state index in [4.69, 9.17) is 20.3 Å². The van der Waals surface area contributed by atoms with E-state index in [1.165, 1.54) is 22.1 Å². The number of aryl methyl sites for hydroxylation is 2. The van der Waals surface area contributed by atoms with Gasteiger partial charge in [-0.05, 0) is 73.9 Å². The number of ether oxygens (including phenoxy) is 2. The SMILES string of the molecule is CC.CC(C)OCCOC(=N)N(C(=N)c1cc(C(C)C)c(O)cc1O)c1ccc2c(c1)CCC2. The number of benzene rings is 2. The number of nitrogens with one attached hydrogen (secondary N) is 2. The first kappa shape index (κ1) is 27.2. The minimum Gasteiger partial charge on any atom is -0.508 e. The molecule has 0 fully saturated rings.